The van der Waals surface area contributed by atoms with Crippen LogP contribution in [-0.4, -0.2) is 22.3 Å². The van der Waals surface area contributed by atoms with E-state index >= 15 is 0 Å². The molecule has 0 atom stereocenters. The fourth-order valence-corrected chi connectivity index (χ4v) is 5.36. The average molecular weight is 377 g/mol. The van der Waals surface area contributed by atoms with Crippen molar-refractivity contribution in [1.82, 2.24) is 9.88 Å². The third-order valence-corrected chi connectivity index (χ3v) is 7.02. The number of rotatable bonds is 2. The van der Waals surface area contributed by atoms with Crippen LogP contribution in [0.2, 0.25) is 0 Å². The Bertz CT molecular complexity index is 1080. The van der Waals surface area contributed by atoms with Gasteiger partial charge in [-0.1, -0.05) is 36.4 Å². The van der Waals surface area contributed by atoms with Gasteiger partial charge in [0, 0.05) is 13.1 Å². The van der Waals surface area contributed by atoms with Crippen LogP contribution in [0.1, 0.15) is 20.8 Å². The molecule has 3 nitrogen and oxygen atoms in total. The highest BCUT2D eigenvalue weighted by molar-refractivity contribution is 7.26. The molecule has 2 aromatic carbocycles. The predicted octanol–water partition coefficient (Wildman–Crippen LogP) is 5.22. The van der Waals surface area contributed by atoms with Crippen LogP contribution >= 0.6 is 22.7 Å². The number of thiophene rings is 1. The zero-order chi connectivity index (χ0) is 17.5. The van der Waals surface area contributed by atoms with E-state index in [0.29, 0.717) is 6.54 Å². The van der Waals surface area contributed by atoms with E-state index in [2.05, 4.69) is 24.3 Å². The third-order valence-electron chi connectivity index (χ3n) is 4.74. The summed E-state index contributed by atoms with van der Waals surface area (Å²) in [7, 11) is 0. The minimum Gasteiger partial charge on any atom is -0.333 e. The van der Waals surface area contributed by atoms with Gasteiger partial charge in [0.05, 0.1) is 20.0 Å². The van der Waals surface area contributed by atoms with Gasteiger partial charge in [-0.25, -0.2) is 4.98 Å². The number of hydrogen-bond acceptors (Lipinski definition) is 4. The zero-order valence-electron chi connectivity index (χ0n) is 14.0. The topological polar surface area (TPSA) is 33.2 Å². The molecule has 128 valence electrons. The zero-order valence-corrected chi connectivity index (χ0v) is 15.6. The Morgan fingerprint density at radius 2 is 1.73 bits per heavy atom. The molecule has 26 heavy (non-hydrogen) atoms. The van der Waals surface area contributed by atoms with Crippen molar-refractivity contribution in [2.75, 3.05) is 6.54 Å². The number of hydrogen-bond donors (Lipinski definition) is 0. The van der Waals surface area contributed by atoms with Crippen LogP contribution in [-0.2, 0) is 13.0 Å². The minimum absolute atomic E-state index is 0.122. The average Bonchev–Trinajstić information content (AvgIpc) is 3.34. The molecular formula is C21H16N2OS2. The fourth-order valence-electron chi connectivity index (χ4n) is 3.37. The number of carbonyl (C=O) groups excluding carboxylic acids is 1. The summed E-state index contributed by atoms with van der Waals surface area (Å²) in [6.45, 7) is 1.48. The number of amides is 1. The molecule has 0 unspecified atom stereocenters. The van der Waals surface area contributed by atoms with E-state index < -0.39 is 0 Å². The summed E-state index contributed by atoms with van der Waals surface area (Å²) >= 11 is 3.22. The van der Waals surface area contributed by atoms with E-state index in [1.54, 1.807) is 22.7 Å². The molecule has 1 aliphatic heterocycles. The van der Waals surface area contributed by atoms with Crippen molar-refractivity contribution >= 4 is 38.8 Å². The van der Waals surface area contributed by atoms with Gasteiger partial charge in [-0.3, -0.25) is 4.79 Å². The highest BCUT2D eigenvalue weighted by atomic mass is 32.1. The highest BCUT2D eigenvalue weighted by Crippen LogP contribution is 2.35. The second-order valence-corrected chi connectivity index (χ2v) is 8.51. The van der Waals surface area contributed by atoms with Gasteiger partial charge < -0.3 is 4.90 Å². The molecule has 0 aliphatic carbocycles. The molecule has 0 spiro atoms. The smallest absolute Gasteiger partial charge is 0.264 e. The molecule has 5 rings (SSSR count). The van der Waals surface area contributed by atoms with E-state index in [1.807, 2.05) is 41.3 Å². The first-order valence-electron chi connectivity index (χ1n) is 8.60. The molecule has 1 aliphatic rings. The van der Waals surface area contributed by atoms with E-state index in [4.69, 9.17) is 4.98 Å². The Hall–Kier alpha value is -2.50. The summed E-state index contributed by atoms with van der Waals surface area (Å²) in [5.41, 5.74) is 3.63. The van der Waals surface area contributed by atoms with Crippen molar-refractivity contribution in [1.29, 1.82) is 0 Å². The summed E-state index contributed by atoms with van der Waals surface area (Å²) in [6.07, 6.45) is 0.929. The number of aromatic nitrogens is 1. The Labute approximate surface area is 159 Å². The lowest BCUT2D eigenvalue weighted by atomic mass is 10.00. The van der Waals surface area contributed by atoms with Gasteiger partial charge in [-0.05, 0) is 41.8 Å². The Balaban J connectivity index is 1.40. The standard InChI is InChI=1S/C21H16N2OS2/c24-21(23-12-11-14-5-1-2-6-15(14)13-23)19-10-9-18(25-19)20-22-16-7-3-4-8-17(16)26-20/h1-10H,11-13H2. The third kappa shape index (κ3) is 2.73. The highest BCUT2D eigenvalue weighted by Gasteiger charge is 2.23. The fraction of sp³-hybridized carbons (Fsp3) is 0.143. The number of benzene rings is 2. The Morgan fingerprint density at radius 1 is 0.923 bits per heavy atom. The molecule has 0 fully saturated rings. The van der Waals surface area contributed by atoms with Crippen molar-refractivity contribution in [3.05, 3.63) is 76.7 Å². The lowest BCUT2D eigenvalue weighted by Crippen LogP contribution is -2.35. The largest absolute Gasteiger partial charge is 0.333 e. The monoisotopic (exact) mass is 376 g/mol. The Kier molecular flexibility index (Phi) is 3.84. The summed E-state index contributed by atoms with van der Waals surface area (Å²) < 4.78 is 1.18. The molecule has 0 saturated heterocycles. The van der Waals surface area contributed by atoms with Crippen LogP contribution in [0.3, 0.4) is 0 Å². The number of thiazole rings is 1. The van der Waals surface area contributed by atoms with Crippen molar-refractivity contribution < 1.29 is 4.79 Å². The molecule has 2 aromatic heterocycles. The number of para-hydroxylation sites is 1. The van der Waals surface area contributed by atoms with Gasteiger partial charge in [0.1, 0.15) is 5.01 Å². The van der Waals surface area contributed by atoms with Gasteiger partial charge in [-0.2, -0.15) is 0 Å². The molecule has 0 N–H and O–H groups in total. The van der Waals surface area contributed by atoms with Crippen LogP contribution in [0.15, 0.2) is 60.7 Å². The molecule has 0 saturated carbocycles. The first kappa shape index (κ1) is 15.7. The molecule has 0 bridgehead atoms. The van der Waals surface area contributed by atoms with Crippen molar-refractivity contribution in [3.63, 3.8) is 0 Å². The van der Waals surface area contributed by atoms with Crippen molar-refractivity contribution in [2.45, 2.75) is 13.0 Å². The summed E-state index contributed by atoms with van der Waals surface area (Å²) in [6, 6.07) is 20.5. The van der Waals surface area contributed by atoms with Gasteiger partial charge in [0.2, 0.25) is 0 Å². The quantitative estimate of drug-likeness (QED) is 0.480. The maximum Gasteiger partial charge on any atom is 0.264 e. The van der Waals surface area contributed by atoms with Gasteiger partial charge in [-0.15, -0.1) is 22.7 Å². The maximum atomic E-state index is 12.9. The predicted molar refractivity (Wildman–Crippen MR) is 108 cm³/mol. The summed E-state index contributed by atoms with van der Waals surface area (Å²) in [5, 5.41) is 0.985. The molecular weight excluding hydrogens is 360 g/mol. The number of nitrogens with zero attached hydrogens (tertiary/aromatic N) is 2. The normalized spacial score (nSPS) is 13.8. The van der Waals surface area contributed by atoms with E-state index in [-0.39, 0.29) is 5.91 Å². The van der Waals surface area contributed by atoms with Crippen LogP contribution < -0.4 is 0 Å². The van der Waals surface area contributed by atoms with Crippen molar-refractivity contribution in [2.24, 2.45) is 0 Å². The lowest BCUT2D eigenvalue weighted by molar-refractivity contribution is 0.0739. The second-order valence-electron chi connectivity index (χ2n) is 6.40. The summed E-state index contributed by atoms with van der Waals surface area (Å²) in [4.78, 5) is 21.5. The second kappa shape index (κ2) is 6.34. The van der Waals surface area contributed by atoms with Crippen LogP contribution in [0.4, 0.5) is 0 Å². The number of fused-ring (bicyclic) bond motifs is 2. The van der Waals surface area contributed by atoms with Gasteiger partial charge in [0.25, 0.3) is 5.91 Å². The van der Waals surface area contributed by atoms with Crippen LogP contribution in [0.5, 0.6) is 0 Å². The van der Waals surface area contributed by atoms with E-state index in [0.717, 1.165) is 33.2 Å². The van der Waals surface area contributed by atoms with Crippen molar-refractivity contribution in [3.8, 4) is 9.88 Å². The molecule has 1 amide bonds. The van der Waals surface area contributed by atoms with E-state index in [1.165, 1.54) is 15.8 Å². The van der Waals surface area contributed by atoms with Gasteiger partial charge in [0.15, 0.2) is 0 Å². The summed E-state index contributed by atoms with van der Waals surface area (Å²) in [5.74, 6) is 0.122. The first-order valence-corrected chi connectivity index (χ1v) is 10.2. The first-order chi connectivity index (χ1) is 12.8. The minimum atomic E-state index is 0.122. The SMILES string of the molecule is O=C(c1ccc(-c2nc3ccccc3s2)s1)N1CCc2ccccc2C1. The van der Waals surface area contributed by atoms with Crippen LogP contribution in [0.25, 0.3) is 20.1 Å². The Morgan fingerprint density at radius 3 is 2.62 bits per heavy atom. The lowest BCUT2D eigenvalue weighted by Gasteiger charge is -2.28. The number of carbonyl (C=O) groups is 1. The molecule has 3 heterocycles. The van der Waals surface area contributed by atoms with Gasteiger partial charge >= 0.3 is 0 Å². The molecule has 0 radical (unpaired) electrons. The molecule has 5 heteroatoms. The van der Waals surface area contributed by atoms with E-state index in [9.17, 15) is 4.79 Å². The van der Waals surface area contributed by atoms with Crippen LogP contribution in [0, 0.1) is 0 Å². The molecule has 4 aromatic rings. The maximum absolute atomic E-state index is 12.9.